The van der Waals surface area contributed by atoms with Crippen LogP contribution in [0.2, 0.25) is 0 Å². The molecule has 0 fully saturated rings. The molecule has 1 amide bonds. The van der Waals surface area contributed by atoms with Gasteiger partial charge in [-0.2, -0.15) is 23.1 Å². The number of nitrogens with zero attached hydrogens (tertiary/aromatic N) is 2. The number of allylic oxidation sites excluding steroid dienone is 1. The highest BCUT2D eigenvalue weighted by atomic mass is 32.2. The van der Waals surface area contributed by atoms with Crippen LogP contribution in [0.5, 0.6) is 0 Å². The van der Waals surface area contributed by atoms with E-state index in [2.05, 4.69) is 20.6 Å². The molecule has 1 atom stereocenters. The lowest BCUT2D eigenvalue weighted by Crippen LogP contribution is -2.29. The zero-order chi connectivity index (χ0) is 17.7. The summed E-state index contributed by atoms with van der Waals surface area (Å²) in [5.74, 6) is -0.543. The van der Waals surface area contributed by atoms with E-state index in [1.165, 1.54) is 6.26 Å². The average molecular weight is 362 g/mol. The van der Waals surface area contributed by atoms with Crippen LogP contribution in [-0.4, -0.2) is 39.8 Å². The zero-order valence-electron chi connectivity index (χ0n) is 12.9. The van der Waals surface area contributed by atoms with E-state index in [-0.39, 0.29) is 17.6 Å². The second-order valence-corrected chi connectivity index (χ2v) is 6.44. The zero-order valence-corrected chi connectivity index (χ0v) is 13.8. The van der Waals surface area contributed by atoms with Crippen molar-refractivity contribution < 1.29 is 22.5 Å². The van der Waals surface area contributed by atoms with E-state index in [0.29, 0.717) is 19.2 Å². The number of anilines is 1. The summed E-state index contributed by atoms with van der Waals surface area (Å²) in [4.78, 5) is 18.7. The number of amides is 1. The molecule has 24 heavy (non-hydrogen) atoms. The molecule has 1 unspecified atom stereocenters. The molecular weight excluding hydrogens is 345 g/mol. The molecule has 0 saturated carbocycles. The SMILES string of the molecule is C[S+]([O-])c1ncc(C(F)(F)F)c(NCCCNC(=O)C2=CCC2)n1. The van der Waals surface area contributed by atoms with Gasteiger partial charge in [-0.05, 0) is 19.3 Å². The smallest absolute Gasteiger partial charge is 0.421 e. The van der Waals surface area contributed by atoms with Crippen molar-refractivity contribution in [3.63, 3.8) is 0 Å². The molecule has 0 spiro atoms. The maximum atomic E-state index is 12.9. The van der Waals surface area contributed by atoms with Crippen molar-refractivity contribution in [1.29, 1.82) is 0 Å². The molecule has 0 bridgehead atoms. The Bertz CT molecular complexity index is 635. The van der Waals surface area contributed by atoms with Crippen LogP contribution in [-0.2, 0) is 22.1 Å². The predicted molar refractivity (Wildman–Crippen MR) is 82.8 cm³/mol. The molecule has 2 rings (SSSR count). The maximum Gasteiger partial charge on any atom is 0.421 e. The molecule has 1 aromatic heterocycles. The molecule has 132 valence electrons. The van der Waals surface area contributed by atoms with E-state index in [9.17, 15) is 22.5 Å². The summed E-state index contributed by atoms with van der Waals surface area (Å²) in [6.45, 7) is 0.511. The van der Waals surface area contributed by atoms with E-state index >= 15 is 0 Å². The molecule has 1 heterocycles. The highest BCUT2D eigenvalue weighted by molar-refractivity contribution is 7.90. The third kappa shape index (κ3) is 4.84. The van der Waals surface area contributed by atoms with Crippen LogP contribution in [0.4, 0.5) is 19.0 Å². The predicted octanol–water partition coefficient (Wildman–Crippen LogP) is 1.87. The molecule has 0 aliphatic heterocycles. The van der Waals surface area contributed by atoms with Crippen LogP contribution >= 0.6 is 0 Å². The largest absolute Gasteiger partial charge is 0.609 e. The minimum absolute atomic E-state index is 0.136. The molecule has 10 heteroatoms. The lowest BCUT2D eigenvalue weighted by molar-refractivity contribution is -0.137. The molecule has 2 N–H and O–H groups in total. The van der Waals surface area contributed by atoms with Gasteiger partial charge in [-0.3, -0.25) is 4.79 Å². The Balaban J connectivity index is 1.90. The Morgan fingerprint density at radius 3 is 2.67 bits per heavy atom. The van der Waals surface area contributed by atoms with E-state index < -0.39 is 28.7 Å². The van der Waals surface area contributed by atoms with Gasteiger partial charge in [-0.1, -0.05) is 6.08 Å². The lowest BCUT2D eigenvalue weighted by atomic mass is 9.98. The number of carbonyl (C=O) groups is 1. The topological polar surface area (TPSA) is 90.0 Å². The summed E-state index contributed by atoms with van der Waals surface area (Å²) < 4.78 is 50.1. The Morgan fingerprint density at radius 2 is 2.12 bits per heavy atom. The van der Waals surface area contributed by atoms with Gasteiger partial charge in [-0.15, -0.1) is 0 Å². The van der Waals surface area contributed by atoms with Crippen molar-refractivity contribution in [2.45, 2.75) is 30.6 Å². The van der Waals surface area contributed by atoms with Crippen molar-refractivity contribution in [3.8, 4) is 0 Å². The number of rotatable bonds is 7. The quantitative estimate of drug-likeness (QED) is 0.439. The standard InChI is InChI=1S/C14H17F3N4O2S/c1-24(23)13-20-8-10(14(15,16)17)11(21-13)18-6-3-7-19-12(22)9-4-2-5-9/h4,8H,2-3,5-7H2,1H3,(H,19,22)(H,18,20,21). The third-order valence-corrected chi connectivity index (χ3v) is 4.07. The van der Waals surface area contributed by atoms with Crippen LogP contribution in [0.25, 0.3) is 0 Å². The van der Waals surface area contributed by atoms with Gasteiger partial charge in [0, 0.05) is 36.0 Å². The molecule has 0 aromatic carbocycles. The first kappa shape index (κ1) is 18.5. The first-order chi connectivity index (χ1) is 11.3. The van der Waals surface area contributed by atoms with Gasteiger partial charge in [0.1, 0.15) is 17.6 Å². The lowest BCUT2D eigenvalue weighted by Gasteiger charge is -2.15. The van der Waals surface area contributed by atoms with Crippen molar-refractivity contribution in [2.75, 3.05) is 24.7 Å². The van der Waals surface area contributed by atoms with Gasteiger partial charge in [0.05, 0.1) is 0 Å². The van der Waals surface area contributed by atoms with Crippen molar-refractivity contribution in [2.24, 2.45) is 0 Å². The number of carbonyl (C=O) groups excluding carboxylic acids is 1. The minimum atomic E-state index is -4.61. The number of aromatic nitrogens is 2. The van der Waals surface area contributed by atoms with Crippen molar-refractivity contribution >= 4 is 22.9 Å². The average Bonchev–Trinajstić information content (AvgIpc) is 2.43. The summed E-state index contributed by atoms with van der Waals surface area (Å²) in [5.41, 5.74) is -0.270. The number of alkyl halides is 3. The first-order valence-electron chi connectivity index (χ1n) is 7.28. The van der Waals surface area contributed by atoms with E-state index in [4.69, 9.17) is 0 Å². The molecule has 0 saturated heterocycles. The van der Waals surface area contributed by atoms with E-state index in [1.54, 1.807) is 0 Å². The van der Waals surface area contributed by atoms with Crippen molar-refractivity contribution in [3.05, 3.63) is 23.4 Å². The fourth-order valence-corrected chi connectivity index (χ4v) is 2.37. The molecular formula is C14H17F3N4O2S. The maximum absolute atomic E-state index is 12.9. The molecule has 1 aliphatic rings. The number of hydrogen-bond donors (Lipinski definition) is 2. The second kappa shape index (κ2) is 7.84. The van der Waals surface area contributed by atoms with Gasteiger partial charge < -0.3 is 15.2 Å². The molecule has 1 aliphatic carbocycles. The van der Waals surface area contributed by atoms with E-state index in [1.807, 2.05) is 6.08 Å². The normalized spacial score (nSPS) is 15.3. The second-order valence-electron chi connectivity index (χ2n) is 5.17. The van der Waals surface area contributed by atoms with E-state index in [0.717, 1.165) is 18.4 Å². The van der Waals surface area contributed by atoms with Gasteiger partial charge in [0.2, 0.25) is 5.91 Å². The van der Waals surface area contributed by atoms with Crippen molar-refractivity contribution in [1.82, 2.24) is 15.3 Å². The van der Waals surface area contributed by atoms with Crippen LogP contribution in [0.3, 0.4) is 0 Å². The Hall–Kier alpha value is -1.81. The van der Waals surface area contributed by atoms with Gasteiger partial charge in [0.25, 0.3) is 0 Å². The fourth-order valence-electron chi connectivity index (χ4n) is 1.95. The van der Waals surface area contributed by atoms with Crippen LogP contribution < -0.4 is 10.6 Å². The Labute approximate surface area is 140 Å². The summed E-state index contributed by atoms with van der Waals surface area (Å²) in [5, 5.41) is 5.10. The fraction of sp³-hybridized carbons (Fsp3) is 0.500. The Kier molecular flexibility index (Phi) is 6.05. The van der Waals surface area contributed by atoms with Gasteiger partial charge in [-0.25, -0.2) is 0 Å². The van der Waals surface area contributed by atoms with Gasteiger partial charge in [0.15, 0.2) is 0 Å². The van der Waals surface area contributed by atoms with Crippen LogP contribution in [0.15, 0.2) is 23.0 Å². The summed E-state index contributed by atoms with van der Waals surface area (Å²) >= 11 is -1.58. The number of halogens is 3. The minimum Gasteiger partial charge on any atom is -0.609 e. The van der Waals surface area contributed by atoms with Crippen LogP contribution in [0, 0.1) is 0 Å². The van der Waals surface area contributed by atoms with Gasteiger partial charge >= 0.3 is 11.3 Å². The van der Waals surface area contributed by atoms with Crippen LogP contribution in [0.1, 0.15) is 24.8 Å². The molecule has 1 aromatic rings. The first-order valence-corrected chi connectivity index (χ1v) is 8.83. The highest BCUT2D eigenvalue weighted by Crippen LogP contribution is 2.33. The summed E-state index contributed by atoms with van der Waals surface area (Å²) in [7, 11) is 0. The third-order valence-electron chi connectivity index (χ3n) is 3.36. The number of nitrogens with one attached hydrogen (secondary N) is 2. The molecule has 0 radical (unpaired) electrons. The summed E-state index contributed by atoms with van der Waals surface area (Å²) in [6, 6.07) is 0. The summed E-state index contributed by atoms with van der Waals surface area (Å²) in [6.07, 6.45) is 1.23. The Morgan fingerprint density at radius 1 is 1.42 bits per heavy atom. The molecule has 6 nitrogen and oxygen atoms in total. The number of hydrogen-bond acceptors (Lipinski definition) is 5. The highest BCUT2D eigenvalue weighted by Gasteiger charge is 2.35. The monoisotopic (exact) mass is 362 g/mol.